The molecule has 14 aromatic rings. The lowest BCUT2D eigenvalue weighted by Crippen LogP contribution is -2.04. The van der Waals surface area contributed by atoms with Crippen LogP contribution in [0.1, 0.15) is 17.0 Å². The first-order valence-corrected chi connectivity index (χ1v) is 25.1. The Labute approximate surface area is 432 Å². The Morgan fingerprint density at radius 2 is 0.920 bits per heavy atom. The zero-order valence-electron chi connectivity index (χ0n) is 40.6. The van der Waals surface area contributed by atoms with Crippen LogP contribution < -0.4 is 0 Å². The molecule has 352 valence electrons. The van der Waals surface area contributed by atoms with Gasteiger partial charge < -0.3 is 13.4 Å². The van der Waals surface area contributed by atoms with Crippen LogP contribution in [-0.2, 0) is 0 Å². The fourth-order valence-electron chi connectivity index (χ4n) is 10.6. The van der Waals surface area contributed by atoms with E-state index >= 15 is 0 Å². The highest BCUT2D eigenvalue weighted by Gasteiger charge is 2.23. The molecule has 4 heterocycles. The molecule has 0 aliphatic carbocycles. The van der Waals surface area contributed by atoms with E-state index in [1.165, 1.54) is 0 Å². The van der Waals surface area contributed by atoms with Crippen LogP contribution in [0.25, 0.3) is 134 Å². The number of rotatable bonds is 10. The van der Waals surface area contributed by atoms with Gasteiger partial charge in [-0.1, -0.05) is 189 Å². The molecule has 0 radical (unpaired) electrons. The van der Waals surface area contributed by atoms with E-state index in [0.717, 1.165) is 116 Å². The predicted octanol–water partition coefficient (Wildman–Crippen LogP) is 18.2. The third kappa shape index (κ3) is 7.80. The lowest BCUT2D eigenvalue weighted by molar-refractivity contribution is 0.669. The zero-order chi connectivity index (χ0) is 49.8. The van der Waals surface area contributed by atoms with Gasteiger partial charge in [0.2, 0.25) is 0 Å². The fraction of sp³-hybridized carbons (Fsp3) is 0. The van der Waals surface area contributed by atoms with E-state index in [2.05, 4.69) is 199 Å². The average Bonchev–Trinajstić information content (AvgIpc) is 4.18. The first kappa shape index (κ1) is 43.6. The maximum absolute atomic E-state index is 6.61. The summed E-state index contributed by atoms with van der Waals surface area (Å²) in [6.07, 6.45) is 4.41. The minimum absolute atomic E-state index is 0.426. The Bertz CT molecular complexity index is 4490. The Kier molecular flexibility index (Phi) is 10.6. The van der Waals surface area contributed by atoms with Crippen molar-refractivity contribution in [3.63, 3.8) is 0 Å². The van der Waals surface area contributed by atoms with Gasteiger partial charge in [0, 0.05) is 49.0 Å². The number of fused-ring (bicyclic) bond motifs is 9. The maximum Gasteiger partial charge on any atom is 0.167 e. The van der Waals surface area contributed by atoms with Crippen molar-refractivity contribution in [1.82, 2.24) is 19.5 Å². The SMILES string of the molecule is C=C(/C=C(\C(=C\c1ccccc1)n1c2ccc(-c3ccccc3)cc2c2cc(-c3ccccc3)ccc21)c1ccccc1)c1nc(-c2ccc3oc4ccccc4c3c2)nc(-c2cccc3c2oc2ccccc23)n1. The van der Waals surface area contributed by atoms with Gasteiger partial charge in [0.1, 0.15) is 22.3 Å². The lowest BCUT2D eigenvalue weighted by atomic mass is 9.97. The van der Waals surface area contributed by atoms with Crippen LogP contribution >= 0.6 is 0 Å². The van der Waals surface area contributed by atoms with Crippen molar-refractivity contribution in [2.45, 2.75) is 0 Å². The summed E-state index contributed by atoms with van der Waals surface area (Å²) in [5.74, 6) is 1.39. The summed E-state index contributed by atoms with van der Waals surface area (Å²) >= 11 is 0. The summed E-state index contributed by atoms with van der Waals surface area (Å²) in [4.78, 5) is 15.9. The first-order chi connectivity index (χ1) is 37.1. The Hall–Kier alpha value is -10.2. The normalized spacial score (nSPS) is 12.2. The molecule has 75 heavy (non-hydrogen) atoms. The number of hydrogen-bond donors (Lipinski definition) is 0. The van der Waals surface area contributed by atoms with E-state index in [4.69, 9.17) is 30.4 Å². The molecule has 0 N–H and O–H groups in total. The molecule has 0 amide bonds. The number of para-hydroxylation sites is 3. The van der Waals surface area contributed by atoms with Gasteiger partial charge in [-0.3, -0.25) is 0 Å². The Balaban J connectivity index is 1.01. The maximum atomic E-state index is 6.61. The van der Waals surface area contributed by atoms with Crippen LogP contribution in [0, 0.1) is 0 Å². The largest absolute Gasteiger partial charge is 0.456 e. The summed E-state index contributed by atoms with van der Waals surface area (Å²) in [7, 11) is 0. The molecule has 4 aromatic heterocycles. The number of furan rings is 2. The third-order valence-corrected chi connectivity index (χ3v) is 14.2. The molecule has 10 aromatic carbocycles. The van der Waals surface area contributed by atoms with Crippen molar-refractivity contribution in [1.29, 1.82) is 0 Å². The first-order valence-electron chi connectivity index (χ1n) is 25.1. The molecule has 6 nitrogen and oxygen atoms in total. The molecule has 0 atom stereocenters. The summed E-state index contributed by atoms with van der Waals surface area (Å²) in [5.41, 5.74) is 15.9. The summed E-state index contributed by atoms with van der Waals surface area (Å²) in [5, 5.41) is 6.29. The van der Waals surface area contributed by atoms with E-state index < -0.39 is 0 Å². The van der Waals surface area contributed by atoms with Crippen molar-refractivity contribution < 1.29 is 8.83 Å². The fourth-order valence-corrected chi connectivity index (χ4v) is 10.6. The van der Waals surface area contributed by atoms with Gasteiger partial charge in [0.15, 0.2) is 17.5 Å². The second kappa shape index (κ2) is 18.1. The molecule has 0 saturated heterocycles. The van der Waals surface area contributed by atoms with Crippen molar-refractivity contribution in [2.24, 2.45) is 0 Å². The van der Waals surface area contributed by atoms with Gasteiger partial charge in [-0.15, -0.1) is 0 Å². The molecule has 0 fully saturated rings. The van der Waals surface area contributed by atoms with Crippen LogP contribution in [-0.4, -0.2) is 19.5 Å². The summed E-state index contributed by atoms with van der Waals surface area (Å²) < 4.78 is 15.3. The summed E-state index contributed by atoms with van der Waals surface area (Å²) in [6, 6.07) is 84.3. The summed E-state index contributed by atoms with van der Waals surface area (Å²) in [6.45, 7) is 4.82. The van der Waals surface area contributed by atoms with Crippen molar-refractivity contribution >= 4 is 88.6 Å². The highest BCUT2D eigenvalue weighted by atomic mass is 16.3. The van der Waals surface area contributed by atoms with Crippen LogP contribution in [0.4, 0.5) is 0 Å². The molecule has 0 unspecified atom stereocenters. The van der Waals surface area contributed by atoms with Gasteiger partial charge >= 0.3 is 0 Å². The average molecular weight is 961 g/mol. The molecular weight excluding hydrogens is 917 g/mol. The number of benzene rings is 10. The van der Waals surface area contributed by atoms with Crippen molar-refractivity contribution in [3.8, 4) is 45.0 Å². The second-order valence-corrected chi connectivity index (χ2v) is 18.8. The van der Waals surface area contributed by atoms with Gasteiger partial charge in [-0.05, 0) is 106 Å². The highest BCUT2D eigenvalue weighted by Crippen LogP contribution is 2.43. The van der Waals surface area contributed by atoms with Gasteiger partial charge in [0.25, 0.3) is 0 Å². The third-order valence-electron chi connectivity index (χ3n) is 14.2. The van der Waals surface area contributed by atoms with E-state index in [1.54, 1.807) is 0 Å². The standard InChI is InChI=1S/C69H44N4O2/c1-44(67-70-68(51-35-38-65-59(43-51)53-28-15-16-31-63(53)74-65)72-69(71-67)55-30-18-29-54-52-27-14-17-32-64(52)75-66(54)55)39-56(48-25-12-5-13-26-48)62(40-45-19-6-2-7-20-45)73-60-36-33-49(46-21-8-3-9-22-46)41-57(60)58-42-50(34-37-61(58)73)47-23-10-4-11-24-47/h2-43H,1H2/b56-39-,62-40-. The molecule has 0 bridgehead atoms. The van der Waals surface area contributed by atoms with Crippen LogP contribution in [0.3, 0.4) is 0 Å². The molecule has 0 saturated carbocycles. The highest BCUT2D eigenvalue weighted by molar-refractivity contribution is 6.18. The monoisotopic (exact) mass is 960 g/mol. The number of hydrogen-bond acceptors (Lipinski definition) is 5. The molecular formula is C69H44N4O2. The van der Waals surface area contributed by atoms with E-state index in [-0.39, 0.29) is 0 Å². The predicted molar refractivity (Wildman–Crippen MR) is 310 cm³/mol. The zero-order valence-corrected chi connectivity index (χ0v) is 40.6. The second-order valence-electron chi connectivity index (χ2n) is 18.8. The minimum atomic E-state index is 0.426. The number of aromatic nitrogens is 4. The van der Waals surface area contributed by atoms with Crippen molar-refractivity contribution in [3.05, 3.63) is 272 Å². The topological polar surface area (TPSA) is 69.9 Å². The van der Waals surface area contributed by atoms with Crippen LogP contribution in [0.2, 0.25) is 0 Å². The van der Waals surface area contributed by atoms with E-state index in [9.17, 15) is 0 Å². The molecule has 0 spiro atoms. The van der Waals surface area contributed by atoms with Crippen LogP contribution in [0.5, 0.6) is 0 Å². The van der Waals surface area contributed by atoms with Gasteiger partial charge in [-0.2, -0.15) is 0 Å². The van der Waals surface area contributed by atoms with Crippen molar-refractivity contribution in [2.75, 3.05) is 0 Å². The van der Waals surface area contributed by atoms with E-state index in [1.807, 2.05) is 60.7 Å². The number of allylic oxidation sites excluding steroid dienone is 4. The molecule has 0 aliphatic rings. The molecule has 6 heteroatoms. The van der Waals surface area contributed by atoms with Gasteiger partial charge in [-0.25, -0.2) is 15.0 Å². The number of nitrogens with zero attached hydrogens (tertiary/aromatic N) is 4. The Morgan fingerprint density at radius 3 is 1.59 bits per heavy atom. The molecule has 14 rings (SSSR count). The van der Waals surface area contributed by atoms with E-state index in [0.29, 0.717) is 28.6 Å². The Morgan fingerprint density at radius 1 is 0.400 bits per heavy atom. The minimum Gasteiger partial charge on any atom is -0.456 e. The molecule has 0 aliphatic heterocycles. The van der Waals surface area contributed by atoms with Crippen LogP contribution in [0.15, 0.2) is 264 Å². The lowest BCUT2D eigenvalue weighted by Gasteiger charge is -2.19. The quantitative estimate of drug-likeness (QED) is 0.128. The van der Waals surface area contributed by atoms with Gasteiger partial charge in [0.05, 0.1) is 22.3 Å². The smallest absolute Gasteiger partial charge is 0.167 e.